The van der Waals surface area contributed by atoms with Gasteiger partial charge in [0.05, 0.1) is 17.1 Å². The first-order valence-corrected chi connectivity index (χ1v) is 9.34. The fourth-order valence-electron chi connectivity index (χ4n) is 2.99. The molecule has 28 heavy (non-hydrogen) atoms. The van der Waals surface area contributed by atoms with Crippen LogP contribution in [0.4, 0.5) is 5.69 Å². The molecule has 0 spiro atoms. The zero-order valence-corrected chi connectivity index (χ0v) is 17.6. The Labute approximate surface area is 166 Å². The number of hydrogen-bond donors (Lipinski definition) is 1. The summed E-state index contributed by atoms with van der Waals surface area (Å²) in [5.41, 5.74) is 4.51. The second-order valence-electron chi connectivity index (χ2n) is 7.25. The molecular formula is C21H29N3O4. The second-order valence-corrected chi connectivity index (χ2v) is 7.25. The SMILES string of the molecule is Cc1cc(OCC(=O)OC(C)C(=O)Nc2c(C)nn(C)c2C)ccc1C(C)C. The van der Waals surface area contributed by atoms with Gasteiger partial charge in [-0.1, -0.05) is 19.9 Å². The summed E-state index contributed by atoms with van der Waals surface area (Å²) in [6, 6.07) is 5.72. The molecule has 1 aromatic carbocycles. The largest absolute Gasteiger partial charge is 0.482 e. The van der Waals surface area contributed by atoms with Crippen molar-refractivity contribution in [1.82, 2.24) is 9.78 Å². The van der Waals surface area contributed by atoms with Gasteiger partial charge in [-0.2, -0.15) is 5.10 Å². The number of hydrogen-bond acceptors (Lipinski definition) is 5. The van der Waals surface area contributed by atoms with Crippen LogP contribution in [0.1, 0.15) is 49.2 Å². The molecule has 0 aliphatic rings. The van der Waals surface area contributed by atoms with Gasteiger partial charge in [-0.25, -0.2) is 4.79 Å². The van der Waals surface area contributed by atoms with Gasteiger partial charge >= 0.3 is 5.97 Å². The minimum atomic E-state index is -0.944. The summed E-state index contributed by atoms with van der Waals surface area (Å²) in [6.07, 6.45) is -0.944. The minimum absolute atomic E-state index is 0.261. The Morgan fingerprint density at radius 3 is 2.39 bits per heavy atom. The van der Waals surface area contributed by atoms with Crippen molar-refractivity contribution in [3.63, 3.8) is 0 Å². The lowest BCUT2D eigenvalue weighted by Gasteiger charge is -2.15. The van der Waals surface area contributed by atoms with Crippen LogP contribution in [0.2, 0.25) is 0 Å². The summed E-state index contributed by atoms with van der Waals surface area (Å²) in [7, 11) is 1.80. The Morgan fingerprint density at radius 2 is 1.86 bits per heavy atom. The molecule has 7 nitrogen and oxygen atoms in total. The first-order chi connectivity index (χ1) is 13.1. The molecule has 1 aromatic heterocycles. The van der Waals surface area contributed by atoms with Crippen molar-refractivity contribution >= 4 is 17.6 Å². The lowest BCUT2D eigenvalue weighted by atomic mass is 9.98. The third kappa shape index (κ3) is 5.12. The Balaban J connectivity index is 1.88. The summed E-state index contributed by atoms with van der Waals surface area (Å²) < 4.78 is 12.4. The van der Waals surface area contributed by atoms with Crippen molar-refractivity contribution in [2.24, 2.45) is 7.05 Å². The van der Waals surface area contributed by atoms with E-state index in [1.54, 1.807) is 18.7 Å². The Hall–Kier alpha value is -2.83. The maximum absolute atomic E-state index is 12.3. The molecule has 0 saturated carbocycles. The average Bonchev–Trinajstić information content (AvgIpc) is 2.85. The molecule has 0 fully saturated rings. The van der Waals surface area contributed by atoms with E-state index < -0.39 is 18.0 Å². The van der Waals surface area contributed by atoms with Gasteiger partial charge < -0.3 is 14.8 Å². The van der Waals surface area contributed by atoms with Crippen LogP contribution in [-0.2, 0) is 21.4 Å². The molecule has 2 rings (SSSR count). The highest BCUT2D eigenvalue weighted by Crippen LogP contribution is 2.23. The standard InChI is InChI=1S/C21H29N3O4/c1-12(2)18-9-8-17(10-13(18)3)27-11-19(25)28-16(6)21(26)22-20-14(4)23-24(7)15(20)5/h8-10,12,16H,11H2,1-7H3,(H,22,26). The molecule has 0 aliphatic heterocycles. The number of aromatic nitrogens is 2. The van der Waals surface area contributed by atoms with Crippen LogP contribution in [0.5, 0.6) is 5.75 Å². The normalized spacial score (nSPS) is 12.0. The van der Waals surface area contributed by atoms with Gasteiger partial charge in [0.1, 0.15) is 5.75 Å². The van der Waals surface area contributed by atoms with Crippen molar-refractivity contribution in [3.8, 4) is 5.75 Å². The van der Waals surface area contributed by atoms with Crippen LogP contribution >= 0.6 is 0 Å². The van der Waals surface area contributed by atoms with Crippen LogP contribution < -0.4 is 10.1 Å². The van der Waals surface area contributed by atoms with E-state index >= 15 is 0 Å². The zero-order chi connectivity index (χ0) is 21.0. The molecule has 1 N–H and O–H groups in total. The Kier molecular flexibility index (Phi) is 6.83. The third-order valence-corrected chi connectivity index (χ3v) is 4.65. The van der Waals surface area contributed by atoms with Gasteiger partial charge in [-0.3, -0.25) is 9.48 Å². The van der Waals surface area contributed by atoms with E-state index in [0.717, 1.165) is 11.3 Å². The zero-order valence-electron chi connectivity index (χ0n) is 17.6. The smallest absolute Gasteiger partial charge is 0.344 e. The van der Waals surface area contributed by atoms with Crippen molar-refractivity contribution in [1.29, 1.82) is 0 Å². The lowest BCUT2D eigenvalue weighted by molar-refractivity contribution is -0.155. The predicted octanol–water partition coefficient (Wildman–Crippen LogP) is 3.42. The van der Waals surface area contributed by atoms with Crippen LogP contribution in [-0.4, -0.2) is 34.4 Å². The highest BCUT2D eigenvalue weighted by atomic mass is 16.6. The molecule has 0 aliphatic carbocycles. The van der Waals surface area contributed by atoms with Crippen molar-refractivity contribution in [2.75, 3.05) is 11.9 Å². The summed E-state index contributed by atoms with van der Waals surface area (Å²) in [4.78, 5) is 24.4. The van der Waals surface area contributed by atoms with Crippen molar-refractivity contribution in [2.45, 2.75) is 53.6 Å². The number of rotatable bonds is 7. The molecule has 0 radical (unpaired) electrons. The number of benzene rings is 1. The number of anilines is 1. The molecular weight excluding hydrogens is 358 g/mol. The molecule has 152 valence electrons. The van der Waals surface area contributed by atoms with E-state index in [0.29, 0.717) is 23.0 Å². The van der Waals surface area contributed by atoms with Crippen LogP contribution in [0.3, 0.4) is 0 Å². The molecule has 0 bridgehead atoms. The van der Waals surface area contributed by atoms with Crippen molar-refractivity contribution < 1.29 is 19.1 Å². The molecule has 7 heteroatoms. The molecule has 1 heterocycles. The van der Waals surface area contributed by atoms with Gasteiger partial charge in [0, 0.05) is 7.05 Å². The molecule has 0 saturated heterocycles. The first-order valence-electron chi connectivity index (χ1n) is 9.34. The maximum atomic E-state index is 12.3. The number of ether oxygens (including phenoxy) is 2. The first kappa shape index (κ1) is 21.5. The van der Waals surface area contributed by atoms with Gasteiger partial charge in [0.15, 0.2) is 12.7 Å². The fraction of sp³-hybridized carbons (Fsp3) is 0.476. The van der Waals surface area contributed by atoms with E-state index in [9.17, 15) is 9.59 Å². The number of aryl methyl sites for hydroxylation is 3. The van der Waals surface area contributed by atoms with Gasteiger partial charge in [-0.15, -0.1) is 0 Å². The third-order valence-electron chi connectivity index (χ3n) is 4.65. The molecule has 1 atom stereocenters. The van der Waals surface area contributed by atoms with E-state index in [1.165, 1.54) is 12.5 Å². The minimum Gasteiger partial charge on any atom is -0.482 e. The number of nitrogens with one attached hydrogen (secondary N) is 1. The Bertz CT molecular complexity index is 871. The van der Waals surface area contributed by atoms with Crippen LogP contribution in [0.15, 0.2) is 18.2 Å². The topological polar surface area (TPSA) is 82.4 Å². The highest BCUT2D eigenvalue weighted by Gasteiger charge is 2.21. The quantitative estimate of drug-likeness (QED) is 0.736. The number of nitrogens with zero attached hydrogens (tertiary/aromatic N) is 2. The predicted molar refractivity (Wildman–Crippen MR) is 108 cm³/mol. The van der Waals surface area contributed by atoms with Crippen LogP contribution in [0, 0.1) is 20.8 Å². The average molecular weight is 387 g/mol. The fourth-order valence-corrected chi connectivity index (χ4v) is 2.99. The second kappa shape index (κ2) is 8.91. The van der Waals surface area contributed by atoms with E-state index in [4.69, 9.17) is 9.47 Å². The summed E-state index contributed by atoms with van der Waals surface area (Å²) in [5, 5.41) is 7.01. The van der Waals surface area contributed by atoms with Gasteiger partial charge in [0.25, 0.3) is 5.91 Å². The van der Waals surface area contributed by atoms with E-state index in [2.05, 4.69) is 24.3 Å². The van der Waals surface area contributed by atoms with Gasteiger partial charge in [0.2, 0.25) is 0 Å². The summed E-state index contributed by atoms with van der Waals surface area (Å²) in [6.45, 7) is 11.2. The van der Waals surface area contributed by atoms with E-state index in [-0.39, 0.29) is 6.61 Å². The molecule has 2 aromatic rings. The number of amides is 1. The lowest BCUT2D eigenvalue weighted by Crippen LogP contribution is -2.32. The van der Waals surface area contributed by atoms with Crippen LogP contribution in [0.25, 0.3) is 0 Å². The maximum Gasteiger partial charge on any atom is 0.344 e. The molecule has 1 unspecified atom stereocenters. The van der Waals surface area contributed by atoms with Gasteiger partial charge in [-0.05, 0) is 56.9 Å². The number of carbonyl (C=O) groups is 2. The monoisotopic (exact) mass is 387 g/mol. The number of carbonyl (C=O) groups excluding carboxylic acids is 2. The highest BCUT2D eigenvalue weighted by molar-refractivity contribution is 5.96. The molecule has 1 amide bonds. The Morgan fingerprint density at radius 1 is 1.18 bits per heavy atom. The summed E-state index contributed by atoms with van der Waals surface area (Å²) >= 11 is 0. The summed E-state index contributed by atoms with van der Waals surface area (Å²) in [5.74, 6) is 0.000537. The van der Waals surface area contributed by atoms with Crippen molar-refractivity contribution in [3.05, 3.63) is 40.7 Å². The number of esters is 1. The van der Waals surface area contributed by atoms with E-state index in [1.807, 2.05) is 32.0 Å².